The maximum Gasteiger partial charge on any atom is 0.257 e. The van der Waals surface area contributed by atoms with E-state index in [4.69, 9.17) is 4.74 Å². The first kappa shape index (κ1) is 18.8. The number of halogens is 1. The second-order valence-corrected chi connectivity index (χ2v) is 7.50. The summed E-state index contributed by atoms with van der Waals surface area (Å²) in [6, 6.07) is 5.58. The number of aromatic nitrogens is 2. The summed E-state index contributed by atoms with van der Waals surface area (Å²) in [6.07, 6.45) is 1.94. The molecule has 1 N–H and O–H groups in total. The lowest BCUT2D eigenvalue weighted by atomic mass is 10.2. The van der Waals surface area contributed by atoms with E-state index in [1.807, 2.05) is 26.0 Å². The van der Waals surface area contributed by atoms with E-state index in [0.717, 1.165) is 30.2 Å². The van der Waals surface area contributed by atoms with Crippen molar-refractivity contribution in [1.29, 1.82) is 0 Å². The maximum atomic E-state index is 12.5. The Hall–Kier alpha value is -1.99. The fourth-order valence-electron chi connectivity index (χ4n) is 3.03. The smallest absolute Gasteiger partial charge is 0.257 e. The van der Waals surface area contributed by atoms with Gasteiger partial charge in [0.15, 0.2) is 0 Å². The van der Waals surface area contributed by atoms with Gasteiger partial charge in [0.1, 0.15) is 10.4 Å². The van der Waals surface area contributed by atoms with Crippen molar-refractivity contribution in [2.24, 2.45) is 0 Å². The van der Waals surface area contributed by atoms with Crippen LogP contribution in [0.4, 0.5) is 11.5 Å². The fraction of sp³-hybridized carbons (Fsp3) is 0.421. The van der Waals surface area contributed by atoms with Gasteiger partial charge in [0.2, 0.25) is 0 Å². The van der Waals surface area contributed by atoms with Crippen LogP contribution in [0.25, 0.3) is 0 Å². The largest absolute Gasteiger partial charge is 0.372 e. The predicted octanol–water partition coefficient (Wildman–Crippen LogP) is 3.72. The standard InChI is InChI=1S/C19H23BrN4O2/c1-11-7-16(18(20)22-14(11)4)23-19(25)15-5-6-17(21-8-15)24-9-12(2)26-13(3)10-24/h5-8,12-13H,9-10H2,1-4H3,(H,23,25). The number of nitrogens with zero attached hydrogens (tertiary/aromatic N) is 3. The van der Waals surface area contributed by atoms with E-state index in [1.54, 1.807) is 12.3 Å². The van der Waals surface area contributed by atoms with Crippen LogP contribution in [-0.2, 0) is 4.74 Å². The SMILES string of the molecule is Cc1cc(NC(=O)c2ccc(N3CC(C)OC(C)C3)nc2)c(Br)nc1C. The van der Waals surface area contributed by atoms with E-state index >= 15 is 0 Å². The quantitative estimate of drug-likeness (QED) is 0.769. The predicted molar refractivity (Wildman–Crippen MR) is 106 cm³/mol. The molecule has 26 heavy (non-hydrogen) atoms. The third-order valence-corrected chi connectivity index (χ3v) is 5.03. The summed E-state index contributed by atoms with van der Waals surface area (Å²) in [5.74, 6) is 0.649. The Labute approximate surface area is 162 Å². The average molecular weight is 419 g/mol. The molecule has 2 aromatic heterocycles. The molecule has 0 saturated carbocycles. The molecule has 6 nitrogen and oxygen atoms in total. The lowest BCUT2D eigenvalue weighted by molar-refractivity contribution is -0.00546. The molecule has 1 saturated heterocycles. The number of morpholine rings is 1. The molecule has 1 fully saturated rings. The molecule has 3 heterocycles. The van der Waals surface area contributed by atoms with Crippen LogP contribution >= 0.6 is 15.9 Å². The Morgan fingerprint density at radius 1 is 1.27 bits per heavy atom. The molecule has 2 aromatic rings. The van der Waals surface area contributed by atoms with Crippen LogP contribution < -0.4 is 10.2 Å². The van der Waals surface area contributed by atoms with Gasteiger partial charge in [-0.15, -0.1) is 0 Å². The molecule has 0 aliphatic carbocycles. The number of anilines is 2. The van der Waals surface area contributed by atoms with Gasteiger partial charge in [-0.25, -0.2) is 9.97 Å². The van der Waals surface area contributed by atoms with E-state index < -0.39 is 0 Å². The van der Waals surface area contributed by atoms with Gasteiger partial charge in [0.05, 0.1) is 23.5 Å². The van der Waals surface area contributed by atoms with Gasteiger partial charge < -0.3 is 15.0 Å². The van der Waals surface area contributed by atoms with Crippen LogP contribution in [-0.4, -0.2) is 41.2 Å². The number of hydrogen-bond donors (Lipinski definition) is 1. The summed E-state index contributed by atoms with van der Waals surface area (Å²) in [5, 5.41) is 2.89. The van der Waals surface area contributed by atoms with Crippen molar-refractivity contribution in [3.05, 3.63) is 45.8 Å². The molecule has 0 spiro atoms. The fourth-order valence-corrected chi connectivity index (χ4v) is 3.51. The molecule has 7 heteroatoms. The number of pyridine rings is 2. The normalized spacial score (nSPS) is 20.1. The van der Waals surface area contributed by atoms with Crippen LogP contribution in [0.1, 0.15) is 35.5 Å². The zero-order valence-electron chi connectivity index (χ0n) is 15.4. The Morgan fingerprint density at radius 2 is 1.96 bits per heavy atom. The summed E-state index contributed by atoms with van der Waals surface area (Å²) >= 11 is 3.40. The summed E-state index contributed by atoms with van der Waals surface area (Å²) in [7, 11) is 0. The minimum atomic E-state index is -0.210. The highest BCUT2D eigenvalue weighted by atomic mass is 79.9. The molecule has 1 amide bonds. The van der Waals surface area contributed by atoms with Crippen LogP contribution in [0.3, 0.4) is 0 Å². The molecule has 2 unspecified atom stereocenters. The monoisotopic (exact) mass is 418 g/mol. The number of carbonyl (C=O) groups excluding carboxylic acids is 1. The summed E-state index contributed by atoms with van der Waals surface area (Å²) in [6.45, 7) is 9.60. The summed E-state index contributed by atoms with van der Waals surface area (Å²) < 4.78 is 6.37. The average Bonchev–Trinajstić information content (AvgIpc) is 2.59. The first-order chi connectivity index (χ1) is 12.3. The lowest BCUT2D eigenvalue weighted by Gasteiger charge is -2.36. The summed E-state index contributed by atoms with van der Waals surface area (Å²) in [5.41, 5.74) is 3.11. The van der Waals surface area contributed by atoms with Crippen molar-refractivity contribution in [3.63, 3.8) is 0 Å². The zero-order chi connectivity index (χ0) is 18.8. The lowest BCUT2D eigenvalue weighted by Crippen LogP contribution is -2.45. The first-order valence-corrected chi connectivity index (χ1v) is 9.44. The van der Waals surface area contributed by atoms with Crippen LogP contribution in [0.2, 0.25) is 0 Å². The third-order valence-electron chi connectivity index (χ3n) is 4.42. The molecule has 3 rings (SSSR count). The van der Waals surface area contributed by atoms with Gasteiger partial charge in [0.25, 0.3) is 5.91 Å². The van der Waals surface area contributed by atoms with Gasteiger partial charge in [-0.05, 0) is 67.4 Å². The molecule has 0 radical (unpaired) electrons. The highest BCUT2D eigenvalue weighted by Crippen LogP contribution is 2.24. The van der Waals surface area contributed by atoms with Crippen molar-refractivity contribution in [1.82, 2.24) is 9.97 Å². The number of amides is 1. The van der Waals surface area contributed by atoms with Gasteiger partial charge in [0, 0.05) is 25.0 Å². The van der Waals surface area contributed by atoms with Crippen molar-refractivity contribution in [2.45, 2.75) is 39.9 Å². The number of ether oxygens (including phenoxy) is 1. The summed E-state index contributed by atoms with van der Waals surface area (Å²) in [4.78, 5) is 23.6. The number of carbonyl (C=O) groups is 1. The topological polar surface area (TPSA) is 67.4 Å². The van der Waals surface area contributed by atoms with Crippen molar-refractivity contribution < 1.29 is 9.53 Å². The number of hydrogen-bond acceptors (Lipinski definition) is 5. The van der Waals surface area contributed by atoms with E-state index in [0.29, 0.717) is 15.9 Å². The second kappa shape index (κ2) is 7.72. The third kappa shape index (κ3) is 4.22. The molecule has 1 aliphatic rings. The van der Waals surface area contributed by atoms with E-state index in [-0.39, 0.29) is 18.1 Å². The minimum Gasteiger partial charge on any atom is -0.372 e. The van der Waals surface area contributed by atoms with Gasteiger partial charge >= 0.3 is 0 Å². The Balaban J connectivity index is 1.72. The Bertz CT molecular complexity index is 800. The van der Waals surface area contributed by atoms with E-state index in [1.165, 1.54) is 0 Å². The number of aryl methyl sites for hydroxylation is 2. The van der Waals surface area contributed by atoms with Crippen LogP contribution in [0.15, 0.2) is 29.0 Å². The minimum absolute atomic E-state index is 0.165. The van der Waals surface area contributed by atoms with Crippen molar-refractivity contribution in [3.8, 4) is 0 Å². The molecule has 1 aliphatic heterocycles. The number of nitrogens with one attached hydrogen (secondary N) is 1. The molecule has 0 aromatic carbocycles. The Morgan fingerprint density at radius 3 is 2.58 bits per heavy atom. The maximum absolute atomic E-state index is 12.5. The van der Waals surface area contributed by atoms with Gasteiger partial charge in [-0.2, -0.15) is 0 Å². The highest BCUT2D eigenvalue weighted by Gasteiger charge is 2.23. The first-order valence-electron chi connectivity index (χ1n) is 8.65. The van der Waals surface area contributed by atoms with Gasteiger partial charge in [-0.1, -0.05) is 0 Å². The van der Waals surface area contributed by atoms with Crippen molar-refractivity contribution in [2.75, 3.05) is 23.3 Å². The molecule has 0 bridgehead atoms. The van der Waals surface area contributed by atoms with Crippen molar-refractivity contribution >= 4 is 33.3 Å². The van der Waals surface area contributed by atoms with Crippen LogP contribution in [0.5, 0.6) is 0 Å². The molecule has 138 valence electrons. The number of rotatable bonds is 3. The molecular formula is C19H23BrN4O2. The zero-order valence-corrected chi connectivity index (χ0v) is 17.0. The van der Waals surface area contributed by atoms with Gasteiger partial charge in [-0.3, -0.25) is 4.79 Å². The van der Waals surface area contributed by atoms with E-state index in [2.05, 4.69) is 50.0 Å². The second-order valence-electron chi connectivity index (χ2n) is 6.75. The molecule has 2 atom stereocenters. The van der Waals surface area contributed by atoms with Crippen LogP contribution in [0, 0.1) is 13.8 Å². The highest BCUT2D eigenvalue weighted by molar-refractivity contribution is 9.10. The Kier molecular flexibility index (Phi) is 5.58. The molecular weight excluding hydrogens is 396 g/mol. The van der Waals surface area contributed by atoms with E-state index in [9.17, 15) is 4.79 Å².